The number of rotatable bonds is 5. The van der Waals surface area contributed by atoms with Crippen LogP contribution in [0.1, 0.15) is 20.3 Å². The highest BCUT2D eigenvalue weighted by atomic mass is 16.4. The van der Waals surface area contributed by atoms with Gasteiger partial charge in [-0.2, -0.15) is 0 Å². The highest BCUT2D eigenvalue weighted by Crippen LogP contribution is 2.16. The Morgan fingerprint density at radius 2 is 2.17 bits per heavy atom. The van der Waals surface area contributed by atoms with E-state index in [1.165, 1.54) is 6.08 Å². The zero-order chi connectivity index (χ0) is 9.56. The van der Waals surface area contributed by atoms with E-state index in [9.17, 15) is 4.79 Å². The topological polar surface area (TPSA) is 37.3 Å². The van der Waals surface area contributed by atoms with Crippen LogP contribution in [-0.2, 0) is 4.79 Å². The quantitative estimate of drug-likeness (QED) is 0.505. The van der Waals surface area contributed by atoms with Gasteiger partial charge in [0.1, 0.15) is 0 Å². The van der Waals surface area contributed by atoms with Crippen LogP contribution in [0, 0.1) is 11.8 Å². The van der Waals surface area contributed by atoms with Crippen molar-refractivity contribution in [3.05, 3.63) is 24.8 Å². The summed E-state index contributed by atoms with van der Waals surface area (Å²) in [6.45, 7) is 7.90. The van der Waals surface area contributed by atoms with Crippen molar-refractivity contribution in [2.75, 3.05) is 0 Å². The Labute approximate surface area is 73.6 Å². The number of carboxylic acid groups (broad SMARTS) is 1. The van der Waals surface area contributed by atoms with Gasteiger partial charge in [-0.15, -0.1) is 6.58 Å². The van der Waals surface area contributed by atoms with Crippen LogP contribution in [0.4, 0.5) is 0 Å². The van der Waals surface area contributed by atoms with E-state index in [2.05, 4.69) is 20.4 Å². The maximum atomic E-state index is 10.1. The van der Waals surface area contributed by atoms with Crippen LogP contribution in [0.3, 0.4) is 0 Å². The average molecular weight is 168 g/mol. The van der Waals surface area contributed by atoms with Crippen molar-refractivity contribution >= 4 is 5.97 Å². The van der Waals surface area contributed by atoms with E-state index in [4.69, 9.17) is 5.11 Å². The fraction of sp³-hybridized carbons (Fsp3) is 0.500. The summed E-state index contributed by atoms with van der Waals surface area (Å²) in [5.74, 6) is 0.00288. The first kappa shape index (κ1) is 11.0. The lowest BCUT2D eigenvalue weighted by Crippen LogP contribution is -2.03. The Morgan fingerprint density at radius 1 is 1.58 bits per heavy atom. The molecule has 68 valence electrons. The summed E-state index contributed by atoms with van der Waals surface area (Å²) in [6.07, 6.45) is 5.48. The highest BCUT2D eigenvalue weighted by molar-refractivity contribution is 5.79. The molecule has 0 radical (unpaired) electrons. The van der Waals surface area contributed by atoms with Crippen LogP contribution >= 0.6 is 0 Å². The second kappa shape index (κ2) is 5.58. The number of aliphatic carboxylic acids is 1. The van der Waals surface area contributed by atoms with E-state index in [1.54, 1.807) is 6.08 Å². The molecule has 0 spiro atoms. The molecule has 0 aliphatic heterocycles. The summed E-state index contributed by atoms with van der Waals surface area (Å²) in [6, 6.07) is 0. The molecule has 0 rings (SSSR count). The Kier molecular flexibility index (Phi) is 5.09. The second-order valence-corrected chi connectivity index (χ2v) is 3.12. The summed E-state index contributed by atoms with van der Waals surface area (Å²) < 4.78 is 0. The van der Waals surface area contributed by atoms with Gasteiger partial charge >= 0.3 is 5.97 Å². The first-order valence-electron chi connectivity index (χ1n) is 4.10. The van der Waals surface area contributed by atoms with Crippen molar-refractivity contribution in [3.63, 3.8) is 0 Å². The number of carbonyl (C=O) groups is 1. The number of allylic oxidation sites excluding steroid dienone is 2. The van der Waals surface area contributed by atoms with E-state index in [1.807, 2.05) is 6.08 Å². The minimum absolute atomic E-state index is 0.376. The average Bonchev–Trinajstić information content (AvgIpc) is 1.96. The molecule has 12 heavy (non-hydrogen) atoms. The molecule has 0 aromatic rings. The van der Waals surface area contributed by atoms with Gasteiger partial charge in [0.25, 0.3) is 0 Å². The highest BCUT2D eigenvalue weighted by Gasteiger charge is 2.06. The van der Waals surface area contributed by atoms with Crippen molar-refractivity contribution in [1.82, 2.24) is 0 Å². The Morgan fingerprint density at radius 3 is 2.50 bits per heavy atom. The van der Waals surface area contributed by atoms with E-state index in [0.29, 0.717) is 11.8 Å². The summed E-state index contributed by atoms with van der Waals surface area (Å²) >= 11 is 0. The molecule has 0 saturated heterocycles. The van der Waals surface area contributed by atoms with Crippen molar-refractivity contribution in [3.8, 4) is 0 Å². The largest absolute Gasteiger partial charge is 0.478 e. The van der Waals surface area contributed by atoms with Gasteiger partial charge in [-0.3, -0.25) is 0 Å². The molecule has 0 aromatic carbocycles. The van der Waals surface area contributed by atoms with Crippen LogP contribution in [0.15, 0.2) is 24.8 Å². The van der Waals surface area contributed by atoms with Crippen LogP contribution in [0.25, 0.3) is 0 Å². The predicted octanol–water partition coefficient (Wildman–Crippen LogP) is 2.48. The molecule has 1 unspecified atom stereocenters. The molecule has 2 heteroatoms. The zero-order valence-electron chi connectivity index (χ0n) is 7.66. The van der Waals surface area contributed by atoms with Gasteiger partial charge in [-0.05, 0) is 18.3 Å². The van der Waals surface area contributed by atoms with Crippen LogP contribution in [0.5, 0.6) is 0 Å². The van der Waals surface area contributed by atoms with E-state index < -0.39 is 5.97 Å². The van der Waals surface area contributed by atoms with E-state index in [-0.39, 0.29) is 0 Å². The third-order valence-corrected chi connectivity index (χ3v) is 1.83. The smallest absolute Gasteiger partial charge is 0.327 e. The van der Waals surface area contributed by atoms with Crippen LogP contribution < -0.4 is 0 Å². The van der Waals surface area contributed by atoms with Crippen LogP contribution in [0.2, 0.25) is 0 Å². The van der Waals surface area contributed by atoms with Crippen LogP contribution in [-0.4, -0.2) is 11.1 Å². The van der Waals surface area contributed by atoms with Crippen molar-refractivity contribution < 1.29 is 9.90 Å². The summed E-state index contributed by atoms with van der Waals surface area (Å²) in [5.41, 5.74) is 0. The molecule has 1 atom stereocenters. The molecule has 0 aliphatic carbocycles. The summed E-state index contributed by atoms with van der Waals surface area (Å²) in [5, 5.41) is 8.33. The molecule has 0 saturated carbocycles. The fourth-order valence-electron chi connectivity index (χ4n) is 0.967. The monoisotopic (exact) mass is 168 g/mol. The Bertz CT molecular complexity index is 180. The molecular formula is C10H16O2. The predicted molar refractivity (Wildman–Crippen MR) is 49.9 cm³/mol. The minimum Gasteiger partial charge on any atom is -0.478 e. The van der Waals surface area contributed by atoms with Gasteiger partial charge in [0, 0.05) is 6.08 Å². The molecule has 0 heterocycles. The van der Waals surface area contributed by atoms with Gasteiger partial charge in [-0.25, -0.2) is 4.79 Å². The lowest BCUT2D eigenvalue weighted by Gasteiger charge is -2.13. The summed E-state index contributed by atoms with van der Waals surface area (Å²) in [4.78, 5) is 10.1. The number of hydrogen-bond donors (Lipinski definition) is 1. The van der Waals surface area contributed by atoms with Gasteiger partial charge < -0.3 is 5.11 Å². The number of hydrogen-bond acceptors (Lipinski definition) is 1. The van der Waals surface area contributed by atoms with Gasteiger partial charge in [0.2, 0.25) is 0 Å². The zero-order valence-corrected chi connectivity index (χ0v) is 7.66. The standard InChI is InChI=1S/C10H16O2/c1-4-9(8(2)3)6-5-7-10(11)12/h4-5,7-9H,1,6H2,2-3H3,(H,11,12)/b7-5+. The molecular weight excluding hydrogens is 152 g/mol. The lowest BCUT2D eigenvalue weighted by molar-refractivity contribution is -0.131. The molecule has 0 aliphatic rings. The van der Waals surface area contributed by atoms with Crippen molar-refractivity contribution in [2.45, 2.75) is 20.3 Å². The Hall–Kier alpha value is -1.05. The van der Waals surface area contributed by atoms with E-state index >= 15 is 0 Å². The molecule has 1 N–H and O–H groups in total. The minimum atomic E-state index is -0.887. The molecule has 0 amide bonds. The summed E-state index contributed by atoms with van der Waals surface area (Å²) in [7, 11) is 0. The third kappa shape index (κ3) is 4.72. The maximum Gasteiger partial charge on any atom is 0.327 e. The normalized spacial score (nSPS) is 13.6. The van der Waals surface area contributed by atoms with E-state index in [0.717, 1.165) is 6.42 Å². The molecule has 0 bridgehead atoms. The van der Waals surface area contributed by atoms with Crippen molar-refractivity contribution in [1.29, 1.82) is 0 Å². The second-order valence-electron chi connectivity index (χ2n) is 3.12. The first-order chi connectivity index (χ1) is 5.57. The first-order valence-corrected chi connectivity index (χ1v) is 4.10. The van der Waals surface area contributed by atoms with Gasteiger partial charge in [-0.1, -0.05) is 26.0 Å². The molecule has 0 aromatic heterocycles. The lowest BCUT2D eigenvalue weighted by atomic mass is 9.93. The third-order valence-electron chi connectivity index (χ3n) is 1.83. The van der Waals surface area contributed by atoms with Crippen molar-refractivity contribution in [2.24, 2.45) is 11.8 Å². The molecule has 2 nitrogen and oxygen atoms in total. The molecule has 0 fully saturated rings. The maximum absolute atomic E-state index is 10.1. The SMILES string of the molecule is C=CC(C/C=C/C(=O)O)C(C)C. The Balaban J connectivity index is 3.88. The van der Waals surface area contributed by atoms with Gasteiger partial charge in [0.05, 0.1) is 0 Å². The van der Waals surface area contributed by atoms with Gasteiger partial charge in [0.15, 0.2) is 0 Å². The number of carboxylic acids is 1. The fourth-order valence-corrected chi connectivity index (χ4v) is 0.967.